The van der Waals surface area contributed by atoms with E-state index in [1.165, 1.54) is 167 Å². The maximum Gasteiger partial charge on any atom is 0.220 e. The molecule has 0 aliphatic carbocycles. The molecule has 14 heteroatoms. The molecule has 2 saturated heterocycles. The zero-order chi connectivity index (χ0) is 66.6. The molecule has 12 unspecified atom stereocenters. The van der Waals surface area contributed by atoms with Gasteiger partial charge in [-0.3, -0.25) is 4.79 Å². The van der Waals surface area contributed by atoms with Crippen molar-refractivity contribution in [2.75, 3.05) is 19.8 Å². The molecule has 2 aliphatic heterocycles. The maximum absolute atomic E-state index is 13.4. The smallest absolute Gasteiger partial charge is 0.220 e. The molecule has 2 fully saturated rings. The van der Waals surface area contributed by atoms with E-state index in [-0.39, 0.29) is 18.9 Å². The van der Waals surface area contributed by atoms with Crippen molar-refractivity contribution < 1.29 is 64.6 Å². The van der Waals surface area contributed by atoms with Gasteiger partial charge in [0.05, 0.1) is 32.0 Å². The van der Waals surface area contributed by atoms with E-state index in [1.54, 1.807) is 6.08 Å². The standard InChI is InChI=1S/C78H135NO13/c1-3-5-7-9-11-13-15-17-19-21-23-25-27-29-30-31-32-33-34-35-36-38-40-42-44-46-48-50-52-54-56-58-60-62-70(83)79-66(65-89-77-75(88)73(86)76(69(64-81)91-77)92-78-74(87)72(85)71(84)68(63-80)90-78)67(82)61-59-57-55-53-51-49-47-45-43-41-39-37-28-26-24-22-20-18-16-14-12-10-8-6-4-2/h5,7,11,13,17,19,23,25,29-30,32-33,43,45,51,53,59,61,66-69,71-78,80-82,84-88H,3-4,6,8-10,12,14-16,18,20-22,24,26-28,31,34-42,44,46-50,52,54-58,60,62-65H2,1-2H3,(H,79,83)/b7-5-,13-11-,19-17-,25-23-,30-29-,33-32-,45-43+,53-51+,61-59+. The van der Waals surface area contributed by atoms with Crippen LogP contribution in [0.2, 0.25) is 0 Å². The number of carbonyl (C=O) groups is 1. The average Bonchev–Trinajstić information content (AvgIpc) is 0.829. The SMILES string of the molecule is CC/C=C\C/C=C\C/C=C\C/C=C\C/C=C\C/C=C\CCCCCCCCCCCCCCCCC(=O)NC(COC1OC(CO)C(OC2OC(CO)C(O)C(O)C2O)C(O)C1O)C(O)/C=C/CC/C=C/CC/C=C/CCCCCCCCCCCCCCCCC. The predicted molar refractivity (Wildman–Crippen MR) is 378 cm³/mol. The zero-order valence-corrected chi connectivity index (χ0v) is 57.8. The van der Waals surface area contributed by atoms with Gasteiger partial charge in [0.2, 0.25) is 5.91 Å². The van der Waals surface area contributed by atoms with Gasteiger partial charge < -0.3 is 65.1 Å². The summed E-state index contributed by atoms with van der Waals surface area (Å²) in [6.07, 6.45) is 71.5. The Bertz CT molecular complexity index is 1960. The number of ether oxygens (including phenoxy) is 4. The number of aliphatic hydroxyl groups is 8. The molecular weight excluding hydrogens is 1160 g/mol. The van der Waals surface area contributed by atoms with Crippen LogP contribution in [0.4, 0.5) is 0 Å². The van der Waals surface area contributed by atoms with Crippen molar-refractivity contribution in [3.63, 3.8) is 0 Å². The molecule has 2 aliphatic rings. The largest absolute Gasteiger partial charge is 0.394 e. The van der Waals surface area contributed by atoms with Crippen LogP contribution in [0.5, 0.6) is 0 Å². The molecule has 0 spiro atoms. The van der Waals surface area contributed by atoms with Crippen LogP contribution in [0.25, 0.3) is 0 Å². The van der Waals surface area contributed by atoms with Gasteiger partial charge in [0.25, 0.3) is 0 Å². The van der Waals surface area contributed by atoms with E-state index in [1.807, 2.05) is 6.08 Å². The van der Waals surface area contributed by atoms with Gasteiger partial charge in [-0.1, -0.05) is 290 Å². The van der Waals surface area contributed by atoms with Crippen LogP contribution in [0.15, 0.2) is 109 Å². The minimum Gasteiger partial charge on any atom is -0.394 e. The fourth-order valence-electron chi connectivity index (χ4n) is 11.6. The molecule has 2 rings (SSSR count). The summed E-state index contributed by atoms with van der Waals surface area (Å²) in [5.41, 5.74) is 0. The van der Waals surface area contributed by atoms with E-state index in [4.69, 9.17) is 18.9 Å². The Hall–Kier alpha value is -3.35. The van der Waals surface area contributed by atoms with Crippen LogP contribution < -0.4 is 5.32 Å². The van der Waals surface area contributed by atoms with Gasteiger partial charge in [-0.2, -0.15) is 0 Å². The minimum atomic E-state index is -1.80. The van der Waals surface area contributed by atoms with E-state index < -0.39 is 86.8 Å². The summed E-state index contributed by atoms with van der Waals surface area (Å²) >= 11 is 0. The molecule has 2 heterocycles. The lowest BCUT2D eigenvalue weighted by Crippen LogP contribution is -2.65. The number of hydrogen-bond donors (Lipinski definition) is 9. The lowest BCUT2D eigenvalue weighted by molar-refractivity contribution is -0.359. The summed E-state index contributed by atoms with van der Waals surface area (Å²) in [5, 5.41) is 87.5. The molecular formula is C78H135NO13. The number of rotatable bonds is 60. The summed E-state index contributed by atoms with van der Waals surface area (Å²) in [5.74, 6) is -0.255. The molecule has 530 valence electrons. The quantitative estimate of drug-likeness (QED) is 0.0204. The van der Waals surface area contributed by atoms with Gasteiger partial charge in [0, 0.05) is 6.42 Å². The van der Waals surface area contributed by atoms with E-state index in [0.29, 0.717) is 12.8 Å². The molecule has 0 bridgehead atoms. The van der Waals surface area contributed by atoms with Gasteiger partial charge in [0.15, 0.2) is 12.6 Å². The third-order valence-corrected chi connectivity index (χ3v) is 17.4. The van der Waals surface area contributed by atoms with Crippen molar-refractivity contribution in [3.05, 3.63) is 109 Å². The van der Waals surface area contributed by atoms with Crippen LogP contribution in [0.1, 0.15) is 284 Å². The summed E-state index contributed by atoms with van der Waals surface area (Å²) in [7, 11) is 0. The number of carbonyl (C=O) groups excluding carboxylic acids is 1. The van der Waals surface area contributed by atoms with E-state index >= 15 is 0 Å². The Kier molecular flexibility index (Phi) is 56.4. The first-order valence-electron chi connectivity index (χ1n) is 37.1. The zero-order valence-electron chi connectivity index (χ0n) is 57.8. The van der Waals surface area contributed by atoms with Gasteiger partial charge in [-0.25, -0.2) is 0 Å². The lowest BCUT2D eigenvalue weighted by Gasteiger charge is -2.46. The minimum absolute atomic E-state index is 0.255. The van der Waals surface area contributed by atoms with Crippen molar-refractivity contribution in [3.8, 4) is 0 Å². The number of amides is 1. The molecule has 12 atom stereocenters. The van der Waals surface area contributed by atoms with Crippen molar-refractivity contribution in [2.45, 2.75) is 357 Å². The molecule has 0 aromatic heterocycles. The highest BCUT2D eigenvalue weighted by molar-refractivity contribution is 5.76. The van der Waals surface area contributed by atoms with E-state index in [0.717, 1.165) is 83.5 Å². The Morgan fingerprint density at radius 1 is 0.402 bits per heavy atom. The number of unbranched alkanes of at least 4 members (excludes halogenated alkanes) is 31. The Labute approximate surface area is 559 Å². The van der Waals surface area contributed by atoms with Crippen molar-refractivity contribution in [1.29, 1.82) is 0 Å². The fraction of sp³-hybridized carbons (Fsp3) is 0.756. The van der Waals surface area contributed by atoms with Crippen LogP contribution in [-0.4, -0.2) is 140 Å². The number of hydrogen-bond acceptors (Lipinski definition) is 13. The Morgan fingerprint density at radius 3 is 1.20 bits per heavy atom. The second-order valence-corrected chi connectivity index (χ2v) is 25.7. The molecule has 14 nitrogen and oxygen atoms in total. The molecule has 0 radical (unpaired) electrons. The number of nitrogens with one attached hydrogen (secondary N) is 1. The monoisotopic (exact) mass is 1290 g/mol. The van der Waals surface area contributed by atoms with Gasteiger partial charge in [-0.05, 0) is 96.3 Å². The summed E-state index contributed by atoms with van der Waals surface area (Å²) in [6, 6.07) is -0.946. The van der Waals surface area contributed by atoms with E-state index in [9.17, 15) is 45.6 Å². The fourth-order valence-corrected chi connectivity index (χ4v) is 11.6. The molecule has 0 aromatic carbocycles. The summed E-state index contributed by atoms with van der Waals surface area (Å²) in [4.78, 5) is 13.4. The average molecular weight is 1290 g/mol. The first-order valence-corrected chi connectivity index (χ1v) is 37.1. The highest BCUT2D eigenvalue weighted by Crippen LogP contribution is 2.30. The molecule has 0 aromatic rings. The Morgan fingerprint density at radius 2 is 0.761 bits per heavy atom. The molecule has 9 N–H and O–H groups in total. The molecule has 92 heavy (non-hydrogen) atoms. The van der Waals surface area contributed by atoms with Crippen LogP contribution in [0.3, 0.4) is 0 Å². The summed E-state index contributed by atoms with van der Waals surface area (Å²) in [6.45, 7) is 2.68. The third-order valence-electron chi connectivity index (χ3n) is 17.4. The second-order valence-electron chi connectivity index (χ2n) is 25.7. The van der Waals surface area contributed by atoms with Crippen molar-refractivity contribution in [1.82, 2.24) is 5.32 Å². The van der Waals surface area contributed by atoms with Gasteiger partial charge in [-0.15, -0.1) is 0 Å². The van der Waals surface area contributed by atoms with Crippen LogP contribution in [0, 0.1) is 0 Å². The molecule has 1 amide bonds. The highest BCUT2D eigenvalue weighted by Gasteiger charge is 2.51. The first kappa shape index (κ1) is 84.7. The topological polar surface area (TPSA) is 228 Å². The number of allylic oxidation sites excluding steroid dienone is 17. The van der Waals surface area contributed by atoms with Gasteiger partial charge >= 0.3 is 0 Å². The van der Waals surface area contributed by atoms with Crippen LogP contribution >= 0.6 is 0 Å². The number of aliphatic hydroxyl groups excluding tert-OH is 8. The third kappa shape index (κ3) is 44.4. The lowest BCUT2D eigenvalue weighted by atomic mass is 9.97. The van der Waals surface area contributed by atoms with Gasteiger partial charge in [0.1, 0.15) is 48.8 Å². The van der Waals surface area contributed by atoms with E-state index in [2.05, 4.69) is 116 Å². The van der Waals surface area contributed by atoms with Crippen LogP contribution in [-0.2, 0) is 23.7 Å². The second kappa shape index (κ2) is 61.3. The van der Waals surface area contributed by atoms with Crippen molar-refractivity contribution >= 4 is 5.91 Å². The maximum atomic E-state index is 13.4. The normalized spacial score (nSPS) is 23.3. The predicted octanol–water partition coefficient (Wildman–Crippen LogP) is 15.9. The first-order chi connectivity index (χ1) is 45.1. The van der Waals surface area contributed by atoms with Crippen molar-refractivity contribution in [2.24, 2.45) is 0 Å². The molecule has 0 saturated carbocycles. The summed E-state index contributed by atoms with van der Waals surface area (Å²) < 4.78 is 22.9. The Balaban J connectivity index is 1.67. The highest BCUT2D eigenvalue weighted by atomic mass is 16.7.